The fourth-order valence-corrected chi connectivity index (χ4v) is 2.42. The number of hydrazone groups is 1. The Bertz CT molecular complexity index is 550. The van der Waals surface area contributed by atoms with Crippen molar-refractivity contribution in [2.75, 3.05) is 6.61 Å². The summed E-state index contributed by atoms with van der Waals surface area (Å²) >= 11 is 0. The Hall–Kier alpha value is -2.17. The van der Waals surface area contributed by atoms with Crippen LogP contribution in [0.25, 0.3) is 0 Å². The van der Waals surface area contributed by atoms with Crippen LogP contribution in [0.15, 0.2) is 35.4 Å². The molecule has 0 atom stereocenters. The summed E-state index contributed by atoms with van der Waals surface area (Å²) in [6, 6.07) is 9.11. The highest BCUT2D eigenvalue weighted by atomic mass is 16.5. The maximum Gasteiger partial charge on any atom is 0.277 e. The molecule has 5 heteroatoms. The third-order valence-electron chi connectivity index (χ3n) is 3.21. The zero-order chi connectivity index (χ0) is 15.3. The Morgan fingerprint density at radius 1 is 1.29 bits per heavy atom. The van der Waals surface area contributed by atoms with Crippen LogP contribution in [0.5, 0.6) is 5.75 Å². The normalized spacial score (nSPS) is 19.3. The van der Waals surface area contributed by atoms with Gasteiger partial charge < -0.3 is 4.74 Å². The van der Waals surface area contributed by atoms with E-state index in [9.17, 15) is 9.59 Å². The molecule has 112 valence electrons. The molecule has 0 heterocycles. The second-order valence-electron chi connectivity index (χ2n) is 6.05. The molecule has 1 saturated carbocycles. The smallest absolute Gasteiger partial charge is 0.277 e. The fraction of sp³-hybridized carbons (Fsp3) is 0.438. The van der Waals surface area contributed by atoms with Gasteiger partial charge in [-0.2, -0.15) is 5.10 Å². The minimum atomic E-state index is -0.331. The molecule has 1 aromatic rings. The number of carbonyl (C=O) groups excluding carboxylic acids is 2. The monoisotopic (exact) mass is 288 g/mol. The van der Waals surface area contributed by atoms with Gasteiger partial charge in [-0.15, -0.1) is 0 Å². The molecule has 1 amide bonds. The first-order chi connectivity index (χ1) is 9.94. The van der Waals surface area contributed by atoms with Crippen LogP contribution in [0, 0.1) is 5.41 Å². The zero-order valence-electron chi connectivity index (χ0n) is 12.4. The van der Waals surface area contributed by atoms with E-state index in [4.69, 9.17) is 4.74 Å². The van der Waals surface area contributed by atoms with Gasteiger partial charge in [0.2, 0.25) is 0 Å². The summed E-state index contributed by atoms with van der Waals surface area (Å²) in [4.78, 5) is 23.3. The van der Waals surface area contributed by atoms with Gasteiger partial charge >= 0.3 is 0 Å². The molecular formula is C16H20N2O3. The van der Waals surface area contributed by atoms with Crippen molar-refractivity contribution in [1.82, 2.24) is 5.43 Å². The minimum Gasteiger partial charge on any atom is -0.484 e. The van der Waals surface area contributed by atoms with E-state index in [1.54, 1.807) is 12.1 Å². The van der Waals surface area contributed by atoms with Gasteiger partial charge in [-0.1, -0.05) is 32.0 Å². The average molecular weight is 288 g/mol. The summed E-state index contributed by atoms with van der Waals surface area (Å²) < 4.78 is 5.32. The van der Waals surface area contributed by atoms with Crippen molar-refractivity contribution in [3.8, 4) is 5.75 Å². The molecule has 1 aliphatic carbocycles. The van der Waals surface area contributed by atoms with Crippen LogP contribution in [0.3, 0.4) is 0 Å². The van der Waals surface area contributed by atoms with Crippen molar-refractivity contribution in [3.05, 3.63) is 30.3 Å². The Morgan fingerprint density at radius 3 is 2.67 bits per heavy atom. The van der Waals surface area contributed by atoms with Crippen LogP contribution < -0.4 is 10.2 Å². The van der Waals surface area contributed by atoms with E-state index in [-0.39, 0.29) is 23.7 Å². The number of amides is 1. The van der Waals surface area contributed by atoms with Crippen LogP contribution in [0.4, 0.5) is 0 Å². The third kappa shape index (κ3) is 5.02. The van der Waals surface area contributed by atoms with Gasteiger partial charge in [0.15, 0.2) is 6.61 Å². The molecule has 1 aliphatic rings. The largest absolute Gasteiger partial charge is 0.484 e. The van der Waals surface area contributed by atoms with Gasteiger partial charge in [0.1, 0.15) is 11.5 Å². The number of hydrogen-bond donors (Lipinski definition) is 1. The standard InChI is InChI=1S/C16H20N2O3/c1-16(2)9-12(8-13(19)10-16)17-18-15(20)11-21-14-6-4-3-5-7-14/h3-7H,8-11H2,1-2H3,(H,18,20). The van der Waals surface area contributed by atoms with Gasteiger partial charge in [-0.25, -0.2) is 5.43 Å². The van der Waals surface area contributed by atoms with Crippen molar-refractivity contribution < 1.29 is 14.3 Å². The Balaban J connectivity index is 1.83. The molecule has 5 nitrogen and oxygen atoms in total. The number of para-hydroxylation sites is 1. The van der Waals surface area contributed by atoms with Crippen LogP contribution in [-0.4, -0.2) is 24.0 Å². The summed E-state index contributed by atoms with van der Waals surface area (Å²) in [5.41, 5.74) is 3.10. The number of hydrogen-bond acceptors (Lipinski definition) is 4. The molecule has 0 radical (unpaired) electrons. The second kappa shape index (κ2) is 6.52. The third-order valence-corrected chi connectivity index (χ3v) is 3.21. The second-order valence-corrected chi connectivity index (χ2v) is 6.05. The van der Waals surface area contributed by atoms with Crippen molar-refractivity contribution in [1.29, 1.82) is 0 Å². The molecular weight excluding hydrogens is 268 g/mol. The van der Waals surface area contributed by atoms with E-state index in [1.165, 1.54) is 0 Å². The number of Topliss-reactive ketones (excluding diaryl/α,β-unsaturated/α-hetero) is 1. The first-order valence-electron chi connectivity index (χ1n) is 6.98. The lowest BCUT2D eigenvalue weighted by Crippen LogP contribution is -2.32. The lowest BCUT2D eigenvalue weighted by Gasteiger charge is -2.28. The Kier molecular flexibility index (Phi) is 4.73. The van der Waals surface area contributed by atoms with E-state index in [0.29, 0.717) is 18.6 Å². The quantitative estimate of drug-likeness (QED) is 0.864. The molecule has 0 bridgehead atoms. The average Bonchev–Trinajstić information content (AvgIpc) is 2.42. The van der Waals surface area contributed by atoms with Gasteiger partial charge in [0, 0.05) is 18.6 Å². The molecule has 0 saturated heterocycles. The van der Waals surface area contributed by atoms with Crippen LogP contribution in [0.1, 0.15) is 33.1 Å². The van der Waals surface area contributed by atoms with Crippen molar-refractivity contribution in [3.63, 3.8) is 0 Å². The molecule has 2 rings (SSSR count). The SMILES string of the molecule is CC1(C)CC(=O)CC(=NNC(=O)COc2ccccc2)C1. The Labute approximate surface area is 124 Å². The number of benzene rings is 1. The van der Waals surface area contributed by atoms with Gasteiger partial charge in [-0.05, 0) is 24.0 Å². The van der Waals surface area contributed by atoms with Gasteiger partial charge in [0.05, 0.1) is 0 Å². The molecule has 1 fully saturated rings. The van der Waals surface area contributed by atoms with Gasteiger partial charge in [0.25, 0.3) is 5.91 Å². The number of nitrogens with one attached hydrogen (secondary N) is 1. The molecule has 0 spiro atoms. The van der Waals surface area contributed by atoms with Crippen LogP contribution >= 0.6 is 0 Å². The van der Waals surface area contributed by atoms with Gasteiger partial charge in [-0.3, -0.25) is 9.59 Å². The van der Waals surface area contributed by atoms with E-state index in [1.807, 2.05) is 32.0 Å². The lowest BCUT2D eigenvalue weighted by atomic mass is 9.76. The van der Waals surface area contributed by atoms with Crippen molar-refractivity contribution in [2.24, 2.45) is 10.5 Å². The summed E-state index contributed by atoms with van der Waals surface area (Å²) in [6.45, 7) is 3.96. The van der Waals surface area contributed by atoms with Crippen molar-refractivity contribution >= 4 is 17.4 Å². The molecule has 0 aromatic heterocycles. The highest BCUT2D eigenvalue weighted by Gasteiger charge is 2.30. The lowest BCUT2D eigenvalue weighted by molar-refractivity contribution is -0.123. The van der Waals surface area contributed by atoms with Crippen LogP contribution in [0.2, 0.25) is 0 Å². The number of rotatable bonds is 4. The zero-order valence-corrected chi connectivity index (χ0v) is 12.4. The minimum absolute atomic E-state index is 0.0839. The molecule has 21 heavy (non-hydrogen) atoms. The van der Waals surface area contributed by atoms with Crippen LogP contribution in [-0.2, 0) is 9.59 Å². The summed E-state index contributed by atoms with van der Waals surface area (Å²) in [6.07, 6.45) is 1.61. The first kappa shape index (κ1) is 15.2. The predicted molar refractivity (Wildman–Crippen MR) is 80.2 cm³/mol. The number of ether oxygens (including phenoxy) is 1. The topological polar surface area (TPSA) is 67.8 Å². The summed E-state index contributed by atoms with van der Waals surface area (Å²) in [5.74, 6) is 0.469. The van der Waals surface area contributed by atoms with E-state index < -0.39 is 0 Å². The number of carbonyl (C=O) groups is 2. The molecule has 0 unspecified atom stereocenters. The molecule has 1 aromatic carbocycles. The maximum absolute atomic E-state index is 11.7. The summed E-state index contributed by atoms with van der Waals surface area (Å²) in [7, 11) is 0. The highest BCUT2D eigenvalue weighted by Crippen LogP contribution is 2.31. The molecule has 1 N–H and O–H groups in total. The number of ketones is 1. The predicted octanol–water partition coefficient (Wildman–Crippen LogP) is 2.32. The van der Waals surface area contributed by atoms with E-state index >= 15 is 0 Å². The first-order valence-corrected chi connectivity index (χ1v) is 6.98. The van der Waals surface area contributed by atoms with E-state index in [2.05, 4.69) is 10.5 Å². The summed E-state index contributed by atoms with van der Waals surface area (Å²) in [5, 5.41) is 4.06. The maximum atomic E-state index is 11.7. The fourth-order valence-electron chi connectivity index (χ4n) is 2.42. The van der Waals surface area contributed by atoms with E-state index in [0.717, 1.165) is 12.1 Å². The number of nitrogens with zero attached hydrogens (tertiary/aromatic N) is 1. The highest BCUT2D eigenvalue weighted by molar-refractivity contribution is 6.05. The molecule has 0 aliphatic heterocycles. The van der Waals surface area contributed by atoms with Crippen molar-refractivity contribution in [2.45, 2.75) is 33.1 Å². The Morgan fingerprint density at radius 2 is 2.00 bits per heavy atom.